The highest BCUT2D eigenvalue weighted by Crippen LogP contribution is 2.39. The van der Waals surface area contributed by atoms with E-state index in [9.17, 15) is 10.1 Å². The maximum atomic E-state index is 12.8. The maximum Gasteiger partial charge on any atom is 0.266 e. The monoisotopic (exact) mass is 399 g/mol. The zero-order valence-electron chi connectivity index (χ0n) is 18.8. The number of anilines is 2. The second-order valence-corrected chi connectivity index (χ2v) is 8.77. The van der Waals surface area contributed by atoms with Crippen molar-refractivity contribution in [3.8, 4) is 6.07 Å². The summed E-state index contributed by atoms with van der Waals surface area (Å²) in [7, 11) is 2.09. The van der Waals surface area contributed by atoms with Crippen molar-refractivity contribution < 1.29 is 4.79 Å². The highest BCUT2D eigenvalue weighted by atomic mass is 16.1. The Labute approximate surface area is 179 Å². The molecular formula is C26H29N3O. The molecule has 154 valence electrons. The Kier molecular flexibility index (Phi) is 5.59. The predicted octanol–water partition coefficient (Wildman–Crippen LogP) is 5.79. The molecule has 30 heavy (non-hydrogen) atoms. The van der Waals surface area contributed by atoms with Crippen LogP contribution in [-0.2, 0) is 4.79 Å². The van der Waals surface area contributed by atoms with E-state index < -0.39 is 5.91 Å². The summed E-state index contributed by atoms with van der Waals surface area (Å²) < 4.78 is 0. The van der Waals surface area contributed by atoms with Crippen LogP contribution in [0, 0.1) is 32.1 Å². The van der Waals surface area contributed by atoms with Crippen LogP contribution in [0.15, 0.2) is 42.0 Å². The fraction of sp³-hybridized carbons (Fsp3) is 0.308. The largest absolute Gasteiger partial charge is 0.365 e. The number of likely N-dealkylation sites (N-methyl/N-ethyl adjacent to an activating group) is 1. The van der Waals surface area contributed by atoms with Gasteiger partial charge in [-0.25, -0.2) is 0 Å². The molecule has 0 atom stereocenters. The summed E-state index contributed by atoms with van der Waals surface area (Å²) in [4.78, 5) is 15.0. The fourth-order valence-electron chi connectivity index (χ4n) is 4.02. The van der Waals surface area contributed by atoms with Gasteiger partial charge in [-0.2, -0.15) is 5.26 Å². The van der Waals surface area contributed by atoms with Crippen molar-refractivity contribution in [1.29, 1.82) is 5.26 Å². The van der Waals surface area contributed by atoms with Gasteiger partial charge < -0.3 is 10.2 Å². The molecule has 1 N–H and O–H groups in total. The van der Waals surface area contributed by atoms with Gasteiger partial charge in [0.2, 0.25) is 0 Å². The number of nitrogens with one attached hydrogen (secondary N) is 1. The second kappa shape index (κ2) is 7.84. The van der Waals surface area contributed by atoms with Gasteiger partial charge in [-0.3, -0.25) is 4.79 Å². The molecule has 4 heteroatoms. The Morgan fingerprint density at radius 3 is 2.30 bits per heavy atom. The molecule has 0 unspecified atom stereocenters. The highest BCUT2D eigenvalue weighted by molar-refractivity contribution is 6.10. The molecule has 1 amide bonds. The number of hydrogen-bond acceptors (Lipinski definition) is 3. The smallest absolute Gasteiger partial charge is 0.266 e. The number of nitrogens with zero attached hydrogens (tertiary/aromatic N) is 2. The zero-order valence-corrected chi connectivity index (χ0v) is 18.8. The predicted molar refractivity (Wildman–Crippen MR) is 125 cm³/mol. The Morgan fingerprint density at radius 1 is 1.07 bits per heavy atom. The summed E-state index contributed by atoms with van der Waals surface area (Å²) in [5.74, 6) is -0.398. The maximum absolute atomic E-state index is 12.8. The number of allylic oxidation sites excluding steroid dienone is 1. The number of benzene rings is 2. The molecule has 2 aromatic carbocycles. The van der Waals surface area contributed by atoms with Gasteiger partial charge >= 0.3 is 0 Å². The Morgan fingerprint density at radius 2 is 1.70 bits per heavy atom. The Hall–Kier alpha value is -3.32. The molecule has 3 rings (SSSR count). The topological polar surface area (TPSA) is 56.1 Å². The van der Waals surface area contributed by atoms with Crippen LogP contribution >= 0.6 is 0 Å². The van der Waals surface area contributed by atoms with Crippen molar-refractivity contribution >= 4 is 28.9 Å². The van der Waals surface area contributed by atoms with E-state index in [1.54, 1.807) is 6.08 Å². The second-order valence-electron chi connectivity index (χ2n) is 8.77. The summed E-state index contributed by atoms with van der Waals surface area (Å²) in [6.45, 7) is 12.5. The summed E-state index contributed by atoms with van der Waals surface area (Å²) in [6.07, 6.45) is 3.93. The molecule has 1 aliphatic rings. The van der Waals surface area contributed by atoms with Gasteiger partial charge in [-0.05, 0) is 99.7 Å². The van der Waals surface area contributed by atoms with Crippen molar-refractivity contribution in [3.63, 3.8) is 0 Å². The average molecular weight is 400 g/mol. The average Bonchev–Trinajstić information content (AvgIpc) is 2.63. The number of carbonyl (C=O) groups excluding carboxylic acids is 1. The number of rotatable bonds is 3. The molecule has 0 fully saturated rings. The minimum Gasteiger partial charge on any atom is -0.365 e. The number of hydrogen-bond donors (Lipinski definition) is 1. The van der Waals surface area contributed by atoms with E-state index in [0.29, 0.717) is 5.69 Å². The van der Waals surface area contributed by atoms with Gasteiger partial charge in [0.25, 0.3) is 5.91 Å². The van der Waals surface area contributed by atoms with Crippen LogP contribution in [0.5, 0.6) is 0 Å². The first-order valence-electron chi connectivity index (χ1n) is 10.1. The van der Waals surface area contributed by atoms with Crippen molar-refractivity contribution in [3.05, 3.63) is 69.8 Å². The van der Waals surface area contributed by atoms with Crippen LogP contribution in [0.3, 0.4) is 0 Å². The lowest BCUT2D eigenvalue weighted by Gasteiger charge is -2.41. The van der Waals surface area contributed by atoms with E-state index in [2.05, 4.69) is 62.3 Å². The minimum absolute atomic E-state index is 0.0650. The highest BCUT2D eigenvalue weighted by Gasteiger charge is 2.28. The number of carbonyl (C=O) groups is 1. The van der Waals surface area contributed by atoms with Crippen molar-refractivity contribution in [1.82, 2.24) is 0 Å². The summed E-state index contributed by atoms with van der Waals surface area (Å²) in [6, 6.07) is 12.1. The van der Waals surface area contributed by atoms with Crippen LogP contribution in [0.25, 0.3) is 11.6 Å². The molecule has 1 heterocycles. The van der Waals surface area contributed by atoms with Crippen molar-refractivity contribution in [2.75, 3.05) is 17.3 Å². The van der Waals surface area contributed by atoms with Gasteiger partial charge in [-0.1, -0.05) is 12.1 Å². The van der Waals surface area contributed by atoms with E-state index >= 15 is 0 Å². The van der Waals surface area contributed by atoms with Crippen LogP contribution in [0.1, 0.15) is 48.6 Å². The first-order chi connectivity index (χ1) is 14.0. The van der Waals surface area contributed by atoms with Crippen LogP contribution in [0.4, 0.5) is 11.4 Å². The summed E-state index contributed by atoms with van der Waals surface area (Å²) in [5.41, 5.74) is 8.23. The van der Waals surface area contributed by atoms with Crippen LogP contribution in [-0.4, -0.2) is 18.5 Å². The minimum atomic E-state index is -0.398. The number of aryl methyl sites for hydroxylation is 3. The molecule has 0 saturated carbocycles. The molecule has 1 aliphatic heterocycles. The van der Waals surface area contributed by atoms with E-state index in [4.69, 9.17) is 0 Å². The standard InChI is InChI=1S/C26H29N3O/c1-16-8-17(2)10-22(9-16)28-25(30)21(15-27)12-20-13-23-19(4)14-26(5,6)29(7)24(23)11-18(20)3/h8-14H,1-7H3,(H,28,30)/b21-12+. The van der Waals surface area contributed by atoms with Gasteiger partial charge in [-0.15, -0.1) is 0 Å². The van der Waals surface area contributed by atoms with Crippen molar-refractivity contribution in [2.45, 2.75) is 47.1 Å². The Bertz CT molecular complexity index is 1110. The third-order valence-electron chi connectivity index (χ3n) is 5.75. The SMILES string of the molecule is CC1=CC(C)(C)N(C)c2cc(C)c(/C=C(\C#N)C(=O)Nc3cc(C)cc(C)c3)cc21. The van der Waals surface area contributed by atoms with Crippen LogP contribution in [0.2, 0.25) is 0 Å². The van der Waals surface area contributed by atoms with E-state index in [0.717, 1.165) is 33.5 Å². The third-order valence-corrected chi connectivity index (χ3v) is 5.75. The molecule has 2 aromatic rings. The summed E-state index contributed by atoms with van der Waals surface area (Å²) >= 11 is 0. The van der Waals surface area contributed by atoms with E-state index in [1.807, 2.05) is 39.0 Å². The van der Waals surface area contributed by atoms with Crippen molar-refractivity contribution in [2.24, 2.45) is 0 Å². The lowest BCUT2D eigenvalue weighted by molar-refractivity contribution is -0.112. The van der Waals surface area contributed by atoms with Gasteiger partial charge in [0.15, 0.2) is 0 Å². The van der Waals surface area contributed by atoms with E-state index in [1.165, 1.54) is 5.57 Å². The molecule has 0 bridgehead atoms. The first kappa shape index (κ1) is 21.4. The van der Waals surface area contributed by atoms with Crippen LogP contribution < -0.4 is 10.2 Å². The number of nitriles is 1. The quantitative estimate of drug-likeness (QED) is 0.525. The summed E-state index contributed by atoms with van der Waals surface area (Å²) in [5, 5.41) is 12.5. The normalized spacial score (nSPS) is 15.2. The fourth-order valence-corrected chi connectivity index (χ4v) is 4.02. The lowest BCUT2D eigenvalue weighted by Crippen LogP contribution is -2.42. The first-order valence-corrected chi connectivity index (χ1v) is 10.1. The Balaban J connectivity index is 1.98. The molecule has 0 aliphatic carbocycles. The van der Waals surface area contributed by atoms with E-state index in [-0.39, 0.29) is 11.1 Å². The zero-order chi connectivity index (χ0) is 22.2. The van der Waals surface area contributed by atoms with Gasteiger partial charge in [0.1, 0.15) is 11.6 Å². The molecule has 0 saturated heterocycles. The van der Waals surface area contributed by atoms with Gasteiger partial charge in [0.05, 0.1) is 5.54 Å². The molecule has 0 spiro atoms. The van der Waals surface area contributed by atoms with Gasteiger partial charge in [0, 0.05) is 24.0 Å². The molecule has 0 radical (unpaired) electrons. The molecule has 0 aromatic heterocycles. The molecule has 4 nitrogen and oxygen atoms in total. The lowest BCUT2D eigenvalue weighted by atomic mass is 9.87. The molecular weight excluding hydrogens is 370 g/mol. The third kappa shape index (κ3) is 4.16. The number of amides is 1. The number of fused-ring (bicyclic) bond motifs is 1.